The van der Waals surface area contributed by atoms with Crippen molar-refractivity contribution in [3.05, 3.63) is 24.5 Å². The van der Waals surface area contributed by atoms with Crippen molar-refractivity contribution >= 4 is 5.69 Å². The molecule has 0 atom stereocenters. The Morgan fingerprint density at radius 2 is 1.94 bits per heavy atom. The minimum Gasteiger partial charge on any atom is -0.384 e. The van der Waals surface area contributed by atoms with Crippen molar-refractivity contribution in [3.63, 3.8) is 0 Å². The van der Waals surface area contributed by atoms with Crippen LogP contribution in [0.1, 0.15) is 46.5 Å². The third-order valence-electron chi connectivity index (χ3n) is 4.33. The van der Waals surface area contributed by atoms with E-state index in [0.29, 0.717) is 5.41 Å². The predicted molar refractivity (Wildman–Crippen MR) is 77.6 cm³/mol. The average Bonchev–Trinajstić information content (AvgIpc) is 2.37. The third-order valence-corrected chi connectivity index (χ3v) is 4.33. The lowest BCUT2D eigenvalue weighted by atomic mass is 9.70. The highest BCUT2D eigenvalue weighted by molar-refractivity contribution is 5.39. The van der Waals surface area contributed by atoms with Gasteiger partial charge in [-0.25, -0.2) is 0 Å². The van der Waals surface area contributed by atoms with E-state index < -0.39 is 0 Å². The molecule has 1 aromatic heterocycles. The fourth-order valence-electron chi connectivity index (χ4n) is 2.96. The first kappa shape index (κ1) is 13.4. The van der Waals surface area contributed by atoms with Crippen LogP contribution in [-0.4, -0.2) is 11.5 Å². The van der Waals surface area contributed by atoms with Gasteiger partial charge in [-0.1, -0.05) is 20.8 Å². The largest absolute Gasteiger partial charge is 0.384 e. The molecule has 18 heavy (non-hydrogen) atoms. The molecule has 0 aromatic carbocycles. The average molecular weight is 246 g/mol. The van der Waals surface area contributed by atoms with E-state index in [1.807, 2.05) is 18.5 Å². The molecule has 1 fully saturated rings. The maximum Gasteiger partial charge on any atom is 0.0526 e. The van der Waals surface area contributed by atoms with Crippen molar-refractivity contribution in [1.29, 1.82) is 0 Å². The Kier molecular flexibility index (Phi) is 4.26. The van der Waals surface area contributed by atoms with Gasteiger partial charge in [-0.15, -0.1) is 0 Å². The van der Waals surface area contributed by atoms with Gasteiger partial charge in [0.1, 0.15) is 0 Å². The maximum atomic E-state index is 4.13. The summed E-state index contributed by atoms with van der Waals surface area (Å²) < 4.78 is 0. The van der Waals surface area contributed by atoms with Gasteiger partial charge < -0.3 is 5.32 Å². The Balaban J connectivity index is 1.74. The van der Waals surface area contributed by atoms with Crippen LogP contribution >= 0.6 is 0 Å². The molecule has 1 heterocycles. The summed E-state index contributed by atoms with van der Waals surface area (Å²) in [5, 5.41) is 3.51. The lowest BCUT2D eigenvalue weighted by Gasteiger charge is -2.37. The van der Waals surface area contributed by atoms with Gasteiger partial charge >= 0.3 is 0 Å². The number of hydrogen-bond donors (Lipinski definition) is 1. The van der Waals surface area contributed by atoms with Crippen LogP contribution in [0.4, 0.5) is 5.69 Å². The monoisotopic (exact) mass is 246 g/mol. The molecule has 0 spiro atoms. The fourth-order valence-corrected chi connectivity index (χ4v) is 2.96. The first-order chi connectivity index (χ1) is 8.55. The molecule has 2 rings (SSSR count). The van der Waals surface area contributed by atoms with Crippen LogP contribution < -0.4 is 5.32 Å². The summed E-state index contributed by atoms with van der Waals surface area (Å²) in [6.07, 6.45) is 9.25. The summed E-state index contributed by atoms with van der Waals surface area (Å²) in [4.78, 5) is 4.13. The standard InChI is InChI=1S/C16H26N2/c1-16(2,3)14-8-6-13(7-9-14)11-18-15-5-4-10-17-12-15/h4-5,10,12-14,18H,6-9,11H2,1-3H3. The molecule has 0 radical (unpaired) electrons. The molecule has 0 aliphatic heterocycles. The van der Waals surface area contributed by atoms with E-state index in [9.17, 15) is 0 Å². The Morgan fingerprint density at radius 3 is 2.50 bits per heavy atom. The van der Waals surface area contributed by atoms with Crippen LogP contribution in [0.25, 0.3) is 0 Å². The maximum absolute atomic E-state index is 4.13. The normalized spacial score (nSPS) is 24.8. The van der Waals surface area contributed by atoms with Crippen LogP contribution in [0.3, 0.4) is 0 Å². The molecule has 0 amide bonds. The van der Waals surface area contributed by atoms with E-state index in [0.717, 1.165) is 24.1 Å². The SMILES string of the molecule is CC(C)(C)C1CCC(CNc2cccnc2)CC1. The fraction of sp³-hybridized carbons (Fsp3) is 0.688. The van der Waals surface area contributed by atoms with Crippen LogP contribution in [0.15, 0.2) is 24.5 Å². The van der Waals surface area contributed by atoms with Crippen molar-refractivity contribution < 1.29 is 0 Å². The van der Waals surface area contributed by atoms with Gasteiger partial charge in [-0.3, -0.25) is 4.98 Å². The van der Waals surface area contributed by atoms with Crippen molar-refractivity contribution in [2.24, 2.45) is 17.3 Å². The van der Waals surface area contributed by atoms with E-state index >= 15 is 0 Å². The van der Waals surface area contributed by atoms with E-state index in [4.69, 9.17) is 0 Å². The Morgan fingerprint density at radius 1 is 1.22 bits per heavy atom. The van der Waals surface area contributed by atoms with Crippen molar-refractivity contribution in [3.8, 4) is 0 Å². The number of nitrogens with zero attached hydrogens (tertiary/aromatic N) is 1. The third kappa shape index (κ3) is 3.72. The molecule has 100 valence electrons. The summed E-state index contributed by atoms with van der Waals surface area (Å²) >= 11 is 0. The van der Waals surface area contributed by atoms with Crippen molar-refractivity contribution in [2.45, 2.75) is 46.5 Å². The quantitative estimate of drug-likeness (QED) is 0.858. The minimum atomic E-state index is 0.488. The number of anilines is 1. The van der Waals surface area contributed by atoms with Gasteiger partial charge in [-0.05, 0) is 55.1 Å². The second kappa shape index (κ2) is 5.73. The molecule has 1 aromatic rings. The first-order valence-electron chi connectivity index (χ1n) is 7.19. The first-order valence-corrected chi connectivity index (χ1v) is 7.19. The highest BCUT2D eigenvalue weighted by Crippen LogP contribution is 2.39. The van der Waals surface area contributed by atoms with E-state index in [1.54, 1.807) is 0 Å². The van der Waals surface area contributed by atoms with Gasteiger partial charge in [0.25, 0.3) is 0 Å². The molecule has 1 aliphatic rings. The van der Waals surface area contributed by atoms with Gasteiger partial charge in [0.2, 0.25) is 0 Å². The molecule has 0 saturated heterocycles. The van der Waals surface area contributed by atoms with Crippen molar-refractivity contribution in [2.75, 3.05) is 11.9 Å². The zero-order valence-electron chi connectivity index (χ0n) is 11.9. The molecule has 1 aliphatic carbocycles. The molecule has 1 N–H and O–H groups in total. The predicted octanol–water partition coefficient (Wildman–Crippen LogP) is 4.35. The van der Waals surface area contributed by atoms with E-state index in [-0.39, 0.29) is 0 Å². The van der Waals surface area contributed by atoms with Crippen LogP contribution in [0.5, 0.6) is 0 Å². The zero-order chi connectivity index (χ0) is 13.0. The molecule has 0 bridgehead atoms. The smallest absolute Gasteiger partial charge is 0.0526 e. The number of hydrogen-bond acceptors (Lipinski definition) is 2. The second-order valence-electron chi connectivity index (χ2n) is 6.71. The van der Waals surface area contributed by atoms with E-state index in [1.165, 1.54) is 25.7 Å². The lowest BCUT2D eigenvalue weighted by molar-refractivity contribution is 0.153. The molecule has 0 unspecified atom stereocenters. The van der Waals surface area contributed by atoms with Gasteiger partial charge in [-0.2, -0.15) is 0 Å². The number of rotatable bonds is 3. The Labute approximate surface area is 111 Å². The molecular formula is C16H26N2. The van der Waals surface area contributed by atoms with Crippen LogP contribution in [0.2, 0.25) is 0 Å². The molecule has 2 nitrogen and oxygen atoms in total. The summed E-state index contributed by atoms with van der Waals surface area (Å²) in [6, 6.07) is 4.08. The Hall–Kier alpha value is -1.05. The molecule has 1 saturated carbocycles. The zero-order valence-corrected chi connectivity index (χ0v) is 11.9. The van der Waals surface area contributed by atoms with Gasteiger partial charge in [0, 0.05) is 18.9 Å². The molecular weight excluding hydrogens is 220 g/mol. The highest BCUT2D eigenvalue weighted by atomic mass is 14.9. The second-order valence-corrected chi connectivity index (χ2v) is 6.71. The number of aromatic nitrogens is 1. The molecule has 2 heteroatoms. The Bertz CT molecular complexity index is 345. The number of pyridine rings is 1. The van der Waals surface area contributed by atoms with E-state index in [2.05, 4.69) is 37.1 Å². The highest BCUT2D eigenvalue weighted by Gasteiger charge is 2.29. The van der Waals surface area contributed by atoms with Gasteiger partial charge in [0.05, 0.1) is 5.69 Å². The number of nitrogens with one attached hydrogen (secondary N) is 1. The van der Waals surface area contributed by atoms with Gasteiger partial charge in [0.15, 0.2) is 0 Å². The van der Waals surface area contributed by atoms with Crippen LogP contribution in [-0.2, 0) is 0 Å². The topological polar surface area (TPSA) is 24.9 Å². The van der Waals surface area contributed by atoms with Crippen LogP contribution in [0, 0.1) is 17.3 Å². The summed E-state index contributed by atoms with van der Waals surface area (Å²) in [5.41, 5.74) is 1.64. The minimum absolute atomic E-state index is 0.488. The van der Waals surface area contributed by atoms with Crippen molar-refractivity contribution in [1.82, 2.24) is 4.98 Å². The lowest BCUT2D eigenvalue weighted by Crippen LogP contribution is -2.28. The summed E-state index contributed by atoms with van der Waals surface area (Å²) in [6.45, 7) is 8.24. The summed E-state index contributed by atoms with van der Waals surface area (Å²) in [5.74, 6) is 1.75. The summed E-state index contributed by atoms with van der Waals surface area (Å²) in [7, 11) is 0.